The monoisotopic (exact) mass is 389 g/mol. The standard InChI is InChI=1S/C20H24NO5P/c22-20(23)17-8-6-15(7-9-17)10-18-12-26-19(11-21-18)14-27(24,25)13-16-4-2-1-3-5-16/h1-9,18-19,21H,10-14H2,(H,22,23)(H,24,25)/t18-,19+/m1/s1. The first kappa shape index (κ1) is 19.8. The van der Waals surface area contributed by atoms with Crippen LogP contribution in [-0.4, -0.2) is 47.4 Å². The maximum absolute atomic E-state index is 12.5. The van der Waals surface area contributed by atoms with E-state index >= 15 is 0 Å². The summed E-state index contributed by atoms with van der Waals surface area (Å²) in [5.41, 5.74) is 2.15. The summed E-state index contributed by atoms with van der Waals surface area (Å²) >= 11 is 0. The molecule has 1 aliphatic rings. The highest BCUT2D eigenvalue weighted by Crippen LogP contribution is 2.45. The van der Waals surface area contributed by atoms with Crippen molar-refractivity contribution in [1.29, 1.82) is 0 Å². The maximum atomic E-state index is 12.5. The molecule has 2 aromatic carbocycles. The number of carboxylic acids is 1. The van der Waals surface area contributed by atoms with Gasteiger partial charge in [0.25, 0.3) is 0 Å². The molecule has 1 fully saturated rings. The van der Waals surface area contributed by atoms with Crippen LogP contribution in [0.2, 0.25) is 0 Å². The molecule has 0 radical (unpaired) electrons. The molecule has 1 aliphatic heterocycles. The van der Waals surface area contributed by atoms with Crippen molar-refractivity contribution >= 4 is 13.3 Å². The lowest BCUT2D eigenvalue weighted by Crippen LogP contribution is -2.48. The third kappa shape index (κ3) is 6.01. The maximum Gasteiger partial charge on any atom is 0.335 e. The highest BCUT2D eigenvalue weighted by Gasteiger charge is 2.29. The fraction of sp³-hybridized carbons (Fsp3) is 0.350. The van der Waals surface area contributed by atoms with E-state index in [1.54, 1.807) is 24.3 Å². The first-order valence-electron chi connectivity index (χ1n) is 8.93. The molecule has 1 unspecified atom stereocenters. The lowest BCUT2D eigenvalue weighted by Gasteiger charge is -2.31. The zero-order valence-electron chi connectivity index (χ0n) is 15.0. The van der Waals surface area contributed by atoms with E-state index in [9.17, 15) is 14.3 Å². The molecular formula is C20H24NO5P. The molecule has 1 saturated heterocycles. The van der Waals surface area contributed by atoms with Crippen LogP contribution in [0.4, 0.5) is 0 Å². The predicted molar refractivity (Wildman–Crippen MR) is 103 cm³/mol. The highest BCUT2D eigenvalue weighted by molar-refractivity contribution is 7.57. The molecule has 3 rings (SSSR count). The normalized spacial score (nSPS) is 22.1. The number of ether oxygens (including phenoxy) is 1. The number of morpholine rings is 1. The molecule has 0 bridgehead atoms. The Hall–Kier alpha value is -1.98. The SMILES string of the molecule is O=C(O)c1ccc(C[C@@H]2CO[C@H](CP(=O)(O)Cc3ccccc3)CN2)cc1. The summed E-state index contributed by atoms with van der Waals surface area (Å²) in [5, 5.41) is 12.3. The van der Waals surface area contributed by atoms with Crippen molar-refractivity contribution in [3.63, 3.8) is 0 Å². The van der Waals surface area contributed by atoms with Gasteiger partial charge in [0.15, 0.2) is 0 Å². The number of nitrogens with one attached hydrogen (secondary N) is 1. The number of carbonyl (C=O) groups is 1. The first-order valence-corrected chi connectivity index (χ1v) is 11.0. The average Bonchev–Trinajstić information content (AvgIpc) is 2.64. The van der Waals surface area contributed by atoms with Gasteiger partial charge in [0.2, 0.25) is 7.37 Å². The van der Waals surface area contributed by atoms with E-state index in [2.05, 4.69) is 5.32 Å². The average molecular weight is 389 g/mol. The number of hydrogen-bond donors (Lipinski definition) is 3. The quantitative estimate of drug-likeness (QED) is 0.631. The van der Waals surface area contributed by atoms with E-state index in [-0.39, 0.29) is 30.0 Å². The molecule has 0 aromatic heterocycles. The minimum absolute atomic E-state index is 0.101. The summed E-state index contributed by atoms with van der Waals surface area (Å²) in [6.45, 7) is 0.980. The third-order valence-corrected chi connectivity index (χ3v) is 6.45. The first-order chi connectivity index (χ1) is 12.9. The second-order valence-corrected chi connectivity index (χ2v) is 9.31. The molecule has 144 valence electrons. The van der Waals surface area contributed by atoms with E-state index in [0.717, 1.165) is 11.1 Å². The number of hydrogen-bond acceptors (Lipinski definition) is 4. The van der Waals surface area contributed by atoms with Crippen LogP contribution >= 0.6 is 7.37 Å². The van der Waals surface area contributed by atoms with Crippen molar-refractivity contribution in [3.05, 3.63) is 71.3 Å². The van der Waals surface area contributed by atoms with Crippen LogP contribution in [0.25, 0.3) is 0 Å². The molecule has 6 nitrogen and oxygen atoms in total. The van der Waals surface area contributed by atoms with Crippen LogP contribution in [0.1, 0.15) is 21.5 Å². The van der Waals surface area contributed by atoms with E-state index < -0.39 is 13.3 Å². The van der Waals surface area contributed by atoms with Crippen LogP contribution in [0.15, 0.2) is 54.6 Å². The summed E-state index contributed by atoms with van der Waals surface area (Å²) in [6, 6.07) is 16.2. The van der Waals surface area contributed by atoms with E-state index in [0.29, 0.717) is 19.6 Å². The Morgan fingerprint density at radius 2 is 1.81 bits per heavy atom. The van der Waals surface area contributed by atoms with Crippen molar-refractivity contribution in [1.82, 2.24) is 5.32 Å². The number of rotatable bonds is 7. The molecule has 0 saturated carbocycles. The van der Waals surface area contributed by atoms with Gasteiger partial charge >= 0.3 is 5.97 Å². The molecule has 0 aliphatic carbocycles. The Morgan fingerprint density at radius 3 is 2.41 bits per heavy atom. The Morgan fingerprint density at radius 1 is 1.11 bits per heavy atom. The second kappa shape index (κ2) is 8.81. The summed E-state index contributed by atoms with van der Waals surface area (Å²) < 4.78 is 18.3. The largest absolute Gasteiger partial charge is 0.478 e. The second-order valence-electron chi connectivity index (χ2n) is 6.94. The van der Waals surface area contributed by atoms with Crippen LogP contribution in [0.3, 0.4) is 0 Å². The van der Waals surface area contributed by atoms with Crippen molar-refractivity contribution in [3.8, 4) is 0 Å². The Labute approximate surface area is 158 Å². The van der Waals surface area contributed by atoms with Crippen molar-refractivity contribution in [2.45, 2.75) is 24.7 Å². The number of carboxylic acid groups (broad SMARTS) is 1. The predicted octanol–water partition coefficient (Wildman–Crippen LogP) is 2.75. The molecule has 3 N–H and O–H groups in total. The Kier molecular flexibility index (Phi) is 6.45. The van der Waals surface area contributed by atoms with Gasteiger partial charge in [-0.1, -0.05) is 42.5 Å². The zero-order chi connectivity index (χ0) is 19.3. The summed E-state index contributed by atoms with van der Waals surface area (Å²) in [7, 11) is -3.30. The molecule has 7 heteroatoms. The van der Waals surface area contributed by atoms with Gasteiger partial charge in [-0.05, 0) is 29.7 Å². The smallest absolute Gasteiger partial charge is 0.335 e. The molecule has 27 heavy (non-hydrogen) atoms. The minimum Gasteiger partial charge on any atom is -0.478 e. The van der Waals surface area contributed by atoms with Crippen LogP contribution in [-0.2, 0) is 21.9 Å². The van der Waals surface area contributed by atoms with Gasteiger partial charge in [0, 0.05) is 18.7 Å². The molecular weight excluding hydrogens is 365 g/mol. The lowest BCUT2D eigenvalue weighted by atomic mass is 10.0. The molecule has 1 heterocycles. The van der Waals surface area contributed by atoms with E-state index in [1.165, 1.54) is 0 Å². The Balaban J connectivity index is 1.47. The van der Waals surface area contributed by atoms with Gasteiger partial charge in [-0.2, -0.15) is 0 Å². The van der Waals surface area contributed by atoms with Crippen molar-refractivity contribution < 1.29 is 24.1 Å². The lowest BCUT2D eigenvalue weighted by molar-refractivity contribution is 0.0162. The van der Waals surface area contributed by atoms with Gasteiger partial charge in [0.05, 0.1) is 24.4 Å². The molecule has 2 aromatic rings. The van der Waals surface area contributed by atoms with Gasteiger partial charge in [-0.15, -0.1) is 0 Å². The summed E-state index contributed by atoms with van der Waals surface area (Å²) in [6.07, 6.45) is 0.727. The molecule has 0 amide bonds. The van der Waals surface area contributed by atoms with Gasteiger partial charge < -0.3 is 20.1 Å². The topological polar surface area (TPSA) is 95.9 Å². The van der Waals surface area contributed by atoms with Crippen LogP contribution in [0, 0.1) is 0 Å². The van der Waals surface area contributed by atoms with E-state index in [4.69, 9.17) is 9.84 Å². The van der Waals surface area contributed by atoms with Crippen LogP contribution < -0.4 is 5.32 Å². The van der Waals surface area contributed by atoms with Gasteiger partial charge in [-0.3, -0.25) is 4.57 Å². The van der Waals surface area contributed by atoms with Gasteiger partial charge in [0.1, 0.15) is 0 Å². The number of aromatic carboxylic acids is 1. The molecule has 0 spiro atoms. The third-order valence-electron chi connectivity index (χ3n) is 4.61. The Bertz CT molecular complexity index is 801. The zero-order valence-corrected chi connectivity index (χ0v) is 15.8. The van der Waals surface area contributed by atoms with Gasteiger partial charge in [-0.25, -0.2) is 4.79 Å². The number of benzene rings is 2. The highest BCUT2D eigenvalue weighted by atomic mass is 31.2. The fourth-order valence-electron chi connectivity index (χ4n) is 3.24. The molecule has 3 atom stereocenters. The summed E-state index contributed by atoms with van der Waals surface area (Å²) in [5.74, 6) is -0.938. The van der Waals surface area contributed by atoms with Crippen molar-refractivity contribution in [2.75, 3.05) is 19.3 Å². The minimum atomic E-state index is -3.30. The summed E-state index contributed by atoms with van der Waals surface area (Å²) in [4.78, 5) is 21.2. The van der Waals surface area contributed by atoms with Crippen molar-refractivity contribution in [2.24, 2.45) is 0 Å². The fourth-order valence-corrected chi connectivity index (χ4v) is 5.02. The van der Waals surface area contributed by atoms with E-state index in [1.807, 2.05) is 30.3 Å². The van der Waals surface area contributed by atoms with Crippen LogP contribution in [0.5, 0.6) is 0 Å².